The number of aromatic amines is 1. The van der Waals surface area contributed by atoms with E-state index in [1.807, 2.05) is 25.3 Å². The fourth-order valence-corrected chi connectivity index (χ4v) is 3.35. The van der Waals surface area contributed by atoms with Gasteiger partial charge in [-0.05, 0) is 48.4 Å². The van der Waals surface area contributed by atoms with Gasteiger partial charge in [0.1, 0.15) is 0 Å². The molecule has 1 aliphatic rings. The molecule has 1 saturated heterocycles. The number of H-pyrrole nitrogens is 1. The van der Waals surface area contributed by atoms with E-state index in [0.717, 1.165) is 35.2 Å². The molecule has 2 heterocycles. The van der Waals surface area contributed by atoms with Crippen molar-refractivity contribution >= 4 is 22.6 Å². The van der Waals surface area contributed by atoms with Crippen LogP contribution in [0.25, 0.3) is 10.9 Å². The molecule has 0 radical (unpaired) electrons. The van der Waals surface area contributed by atoms with E-state index in [1.165, 1.54) is 0 Å². The Bertz CT molecular complexity index is 693. The van der Waals surface area contributed by atoms with Crippen molar-refractivity contribution in [3.8, 4) is 0 Å². The number of hydrogen-bond acceptors (Lipinski definition) is 2. The molecule has 1 fully saturated rings. The summed E-state index contributed by atoms with van der Waals surface area (Å²) in [4.78, 5) is 15.4. The van der Waals surface area contributed by atoms with Crippen LogP contribution in [0.2, 0.25) is 0 Å². The van der Waals surface area contributed by atoms with Crippen molar-refractivity contribution in [1.29, 1.82) is 0 Å². The SMILES string of the molecule is Cc1cc2cc[nH]c2cc1NC(=O)NC[C@H]1CCO[C@@H]1C(C)C. The summed E-state index contributed by atoms with van der Waals surface area (Å²) in [5.41, 5.74) is 2.91. The fourth-order valence-electron chi connectivity index (χ4n) is 3.35. The van der Waals surface area contributed by atoms with Gasteiger partial charge < -0.3 is 20.4 Å². The van der Waals surface area contributed by atoms with Crippen LogP contribution >= 0.6 is 0 Å². The van der Waals surface area contributed by atoms with Crippen LogP contribution in [0.15, 0.2) is 24.4 Å². The molecule has 5 nitrogen and oxygen atoms in total. The molecule has 3 rings (SSSR count). The van der Waals surface area contributed by atoms with Crippen LogP contribution < -0.4 is 10.6 Å². The van der Waals surface area contributed by atoms with Gasteiger partial charge in [-0.25, -0.2) is 4.79 Å². The van der Waals surface area contributed by atoms with Crippen molar-refractivity contribution in [3.63, 3.8) is 0 Å². The molecule has 1 aromatic heterocycles. The Kier molecular flexibility index (Phi) is 4.57. The number of aryl methyl sites for hydroxylation is 1. The number of urea groups is 1. The van der Waals surface area contributed by atoms with E-state index in [0.29, 0.717) is 18.4 Å². The molecular formula is C18H25N3O2. The lowest BCUT2D eigenvalue weighted by atomic mass is 9.93. The largest absolute Gasteiger partial charge is 0.378 e. The molecule has 0 saturated carbocycles. The molecule has 0 spiro atoms. The normalized spacial score (nSPS) is 21.0. The Balaban J connectivity index is 1.59. The average Bonchev–Trinajstić information content (AvgIpc) is 3.13. The smallest absolute Gasteiger partial charge is 0.319 e. The molecule has 2 amide bonds. The van der Waals surface area contributed by atoms with E-state index in [2.05, 4.69) is 35.5 Å². The lowest BCUT2D eigenvalue weighted by molar-refractivity contribution is 0.0546. The summed E-state index contributed by atoms with van der Waals surface area (Å²) in [6, 6.07) is 5.91. The number of ether oxygens (including phenoxy) is 1. The maximum atomic E-state index is 12.2. The highest BCUT2D eigenvalue weighted by Gasteiger charge is 2.30. The van der Waals surface area contributed by atoms with E-state index < -0.39 is 0 Å². The minimum atomic E-state index is -0.159. The van der Waals surface area contributed by atoms with Gasteiger partial charge in [-0.1, -0.05) is 13.8 Å². The average molecular weight is 315 g/mol. The van der Waals surface area contributed by atoms with Crippen LogP contribution in [-0.2, 0) is 4.74 Å². The first-order valence-electron chi connectivity index (χ1n) is 8.29. The van der Waals surface area contributed by atoms with Gasteiger partial charge in [0.25, 0.3) is 0 Å². The summed E-state index contributed by atoms with van der Waals surface area (Å²) in [6.45, 7) is 7.77. The molecule has 23 heavy (non-hydrogen) atoms. The van der Waals surface area contributed by atoms with Gasteiger partial charge in [-0.3, -0.25) is 0 Å². The second kappa shape index (κ2) is 6.62. The van der Waals surface area contributed by atoms with Gasteiger partial charge in [-0.15, -0.1) is 0 Å². The zero-order valence-corrected chi connectivity index (χ0v) is 14.0. The van der Waals surface area contributed by atoms with Crippen LogP contribution in [0.5, 0.6) is 0 Å². The molecule has 1 aliphatic heterocycles. The molecule has 1 aromatic carbocycles. The highest BCUT2D eigenvalue weighted by Crippen LogP contribution is 2.26. The number of anilines is 1. The zero-order chi connectivity index (χ0) is 16.4. The van der Waals surface area contributed by atoms with Gasteiger partial charge in [0.2, 0.25) is 0 Å². The standard InChI is InChI=1S/C18H25N3O2/c1-11(2)17-14(5-7-23-17)10-20-18(22)21-15-9-16-13(4-6-19-16)8-12(15)3/h4,6,8-9,11,14,17,19H,5,7,10H2,1-3H3,(H2,20,21,22)/t14-,17-/m1/s1. The van der Waals surface area contributed by atoms with Gasteiger partial charge in [0, 0.05) is 36.5 Å². The summed E-state index contributed by atoms with van der Waals surface area (Å²) in [6.07, 6.45) is 3.16. The second-order valence-electron chi connectivity index (χ2n) is 6.70. The third kappa shape index (κ3) is 3.50. The highest BCUT2D eigenvalue weighted by molar-refractivity contribution is 5.94. The first-order valence-corrected chi connectivity index (χ1v) is 8.29. The minimum Gasteiger partial charge on any atom is -0.378 e. The number of benzene rings is 1. The summed E-state index contributed by atoms with van der Waals surface area (Å²) in [7, 11) is 0. The summed E-state index contributed by atoms with van der Waals surface area (Å²) >= 11 is 0. The maximum Gasteiger partial charge on any atom is 0.319 e. The number of aromatic nitrogens is 1. The van der Waals surface area contributed by atoms with Gasteiger partial charge >= 0.3 is 6.03 Å². The topological polar surface area (TPSA) is 66.2 Å². The zero-order valence-electron chi connectivity index (χ0n) is 14.0. The van der Waals surface area contributed by atoms with Crippen molar-refractivity contribution in [3.05, 3.63) is 30.0 Å². The molecule has 124 valence electrons. The Morgan fingerprint density at radius 3 is 3.04 bits per heavy atom. The van der Waals surface area contributed by atoms with E-state index in [-0.39, 0.29) is 12.1 Å². The molecule has 0 aliphatic carbocycles. The van der Waals surface area contributed by atoms with Gasteiger partial charge in [-0.2, -0.15) is 0 Å². The lowest BCUT2D eigenvalue weighted by Crippen LogP contribution is -2.37. The molecular weight excluding hydrogens is 290 g/mol. The maximum absolute atomic E-state index is 12.2. The number of rotatable bonds is 4. The summed E-state index contributed by atoms with van der Waals surface area (Å²) < 4.78 is 5.76. The monoisotopic (exact) mass is 315 g/mol. The van der Waals surface area contributed by atoms with Crippen LogP contribution in [-0.4, -0.2) is 30.3 Å². The molecule has 3 N–H and O–H groups in total. The first-order chi connectivity index (χ1) is 11.0. The van der Waals surface area contributed by atoms with Gasteiger partial charge in [0.05, 0.1) is 6.10 Å². The molecule has 5 heteroatoms. The molecule has 0 unspecified atom stereocenters. The lowest BCUT2D eigenvalue weighted by Gasteiger charge is -2.22. The quantitative estimate of drug-likeness (QED) is 0.806. The fraction of sp³-hybridized carbons (Fsp3) is 0.500. The third-order valence-corrected chi connectivity index (χ3v) is 4.59. The second-order valence-corrected chi connectivity index (χ2v) is 6.70. The Labute approximate surface area is 136 Å². The molecule has 2 atom stereocenters. The Morgan fingerprint density at radius 2 is 2.26 bits per heavy atom. The number of amides is 2. The number of nitrogens with one attached hydrogen (secondary N) is 3. The predicted molar refractivity (Wildman–Crippen MR) is 92.7 cm³/mol. The first kappa shape index (κ1) is 15.9. The highest BCUT2D eigenvalue weighted by atomic mass is 16.5. The summed E-state index contributed by atoms with van der Waals surface area (Å²) in [5, 5.41) is 7.09. The van der Waals surface area contributed by atoms with Crippen LogP contribution in [0.3, 0.4) is 0 Å². The number of hydrogen-bond donors (Lipinski definition) is 3. The van der Waals surface area contributed by atoms with E-state index in [1.54, 1.807) is 0 Å². The summed E-state index contributed by atoms with van der Waals surface area (Å²) in [5.74, 6) is 0.873. The predicted octanol–water partition coefficient (Wildman–Crippen LogP) is 3.66. The third-order valence-electron chi connectivity index (χ3n) is 4.59. The van der Waals surface area contributed by atoms with Crippen molar-refractivity contribution in [2.75, 3.05) is 18.5 Å². The number of carbonyl (C=O) groups excluding carboxylic acids is 1. The van der Waals surface area contributed by atoms with E-state index in [4.69, 9.17) is 4.74 Å². The Morgan fingerprint density at radius 1 is 1.43 bits per heavy atom. The number of fused-ring (bicyclic) bond motifs is 1. The van der Waals surface area contributed by atoms with Crippen LogP contribution in [0, 0.1) is 18.8 Å². The minimum absolute atomic E-state index is 0.159. The Hall–Kier alpha value is -2.01. The van der Waals surface area contributed by atoms with Crippen molar-refractivity contribution in [2.24, 2.45) is 11.8 Å². The van der Waals surface area contributed by atoms with Crippen molar-refractivity contribution in [1.82, 2.24) is 10.3 Å². The number of carbonyl (C=O) groups is 1. The van der Waals surface area contributed by atoms with E-state index in [9.17, 15) is 4.79 Å². The van der Waals surface area contributed by atoms with Gasteiger partial charge in [0.15, 0.2) is 0 Å². The van der Waals surface area contributed by atoms with Crippen LogP contribution in [0.1, 0.15) is 25.8 Å². The molecule has 2 aromatic rings. The van der Waals surface area contributed by atoms with Crippen molar-refractivity contribution in [2.45, 2.75) is 33.3 Å². The van der Waals surface area contributed by atoms with Crippen LogP contribution in [0.4, 0.5) is 10.5 Å². The molecule has 0 bridgehead atoms. The van der Waals surface area contributed by atoms with Crippen molar-refractivity contribution < 1.29 is 9.53 Å². The van der Waals surface area contributed by atoms with E-state index >= 15 is 0 Å².